The van der Waals surface area contributed by atoms with Crippen LogP contribution in [0.4, 0.5) is 23.4 Å². The zero-order valence-electron chi connectivity index (χ0n) is 18.2. The van der Waals surface area contributed by atoms with Crippen molar-refractivity contribution in [2.24, 2.45) is 0 Å². The average Bonchev–Trinajstić information content (AvgIpc) is 3.47. The van der Waals surface area contributed by atoms with Crippen LogP contribution in [0.5, 0.6) is 11.5 Å². The summed E-state index contributed by atoms with van der Waals surface area (Å²) in [4.78, 5) is 18.1. The quantitative estimate of drug-likeness (QED) is 0.485. The van der Waals surface area contributed by atoms with Crippen molar-refractivity contribution in [1.29, 1.82) is 0 Å². The number of anilines is 1. The fourth-order valence-corrected chi connectivity index (χ4v) is 5.19. The van der Waals surface area contributed by atoms with Gasteiger partial charge in [0.1, 0.15) is 17.1 Å². The summed E-state index contributed by atoms with van der Waals surface area (Å²) < 4.78 is 73.9. The van der Waals surface area contributed by atoms with Crippen molar-refractivity contribution in [3.63, 3.8) is 0 Å². The van der Waals surface area contributed by atoms with Gasteiger partial charge in [-0.15, -0.1) is 0 Å². The number of nitrogens with zero attached hydrogens (tertiary/aromatic N) is 3. The van der Waals surface area contributed by atoms with Crippen LogP contribution in [0.3, 0.4) is 0 Å². The minimum absolute atomic E-state index is 0.0785. The number of morpholine rings is 1. The first-order chi connectivity index (χ1) is 16.8. The van der Waals surface area contributed by atoms with E-state index in [1.807, 2.05) is 0 Å². The second-order valence-electron chi connectivity index (χ2n) is 8.85. The summed E-state index contributed by atoms with van der Waals surface area (Å²) in [6.07, 6.45) is -1.40. The van der Waals surface area contributed by atoms with E-state index in [9.17, 15) is 22.4 Å². The Morgan fingerprint density at radius 3 is 2.74 bits per heavy atom. The first kappa shape index (κ1) is 22.1. The zero-order chi connectivity index (χ0) is 24.3. The van der Waals surface area contributed by atoms with Crippen molar-refractivity contribution >= 4 is 5.82 Å². The van der Waals surface area contributed by atoms with Crippen molar-refractivity contribution in [2.75, 3.05) is 11.4 Å². The molecule has 0 saturated carbocycles. The van der Waals surface area contributed by atoms with Crippen LogP contribution >= 0.6 is 0 Å². The van der Waals surface area contributed by atoms with Gasteiger partial charge in [0, 0.05) is 24.7 Å². The predicted octanol–water partition coefficient (Wildman–Crippen LogP) is 4.16. The third-order valence-corrected chi connectivity index (χ3v) is 6.67. The third kappa shape index (κ3) is 3.57. The van der Waals surface area contributed by atoms with E-state index in [0.29, 0.717) is 19.5 Å². The zero-order valence-corrected chi connectivity index (χ0v) is 18.2. The fourth-order valence-electron chi connectivity index (χ4n) is 5.19. The Kier molecular flexibility index (Phi) is 5.08. The first-order valence-electron chi connectivity index (χ1n) is 11.0. The summed E-state index contributed by atoms with van der Waals surface area (Å²) in [7, 11) is 0. The minimum atomic E-state index is -2.74. The Morgan fingerprint density at radius 1 is 1.17 bits per heavy atom. The number of halogens is 4. The molecule has 3 atom stereocenters. The van der Waals surface area contributed by atoms with Crippen LogP contribution in [0.2, 0.25) is 0 Å². The summed E-state index contributed by atoms with van der Waals surface area (Å²) in [5, 5.41) is 0. The van der Waals surface area contributed by atoms with Gasteiger partial charge >= 0.3 is 5.69 Å². The van der Waals surface area contributed by atoms with Gasteiger partial charge in [-0.05, 0) is 35.9 Å². The van der Waals surface area contributed by atoms with Crippen molar-refractivity contribution < 1.29 is 31.8 Å². The largest absolute Gasteiger partial charge is 0.451 e. The number of ether oxygens (including phenoxy) is 3. The molecule has 2 bridgehead atoms. The molecular weight excluding hydrogens is 470 g/mol. The Balaban J connectivity index is 1.18. The molecule has 35 heavy (non-hydrogen) atoms. The molecule has 2 aromatic carbocycles. The van der Waals surface area contributed by atoms with Gasteiger partial charge in [0.25, 0.3) is 6.43 Å². The van der Waals surface area contributed by atoms with Crippen LogP contribution in [0.15, 0.2) is 53.5 Å². The SMILES string of the molecule is O=c1nccc2n1CC13CC(CN21)OC3OCc1cc(F)c(Oc2cccc(C(F)F)c2)c(F)c1. The molecule has 1 spiro atoms. The van der Waals surface area contributed by atoms with E-state index in [1.54, 1.807) is 10.6 Å². The topological polar surface area (TPSA) is 65.8 Å². The molecule has 3 aromatic rings. The molecule has 6 rings (SSSR count). The lowest BCUT2D eigenvalue weighted by molar-refractivity contribution is -0.174. The highest BCUT2D eigenvalue weighted by atomic mass is 19.3. The van der Waals surface area contributed by atoms with E-state index in [1.165, 1.54) is 24.4 Å². The van der Waals surface area contributed by atoms with Gasteiger partial charge in [-0.1, -0.05) is 12.1 Å². The predicted molar refractivity (Wildman–Crippen MR) is 114 cm³/mol. The molecule has 0 amide bonds. The van der Waals surface area contributed by atoms with Gasteiger partial charge in [0.2, 0.25) is 0 Å². The molecule has 1 aromatic heterocycles. The Hall–Kier alpha value is -3.44. The standard InChI is InChI=1S/C24H19F4N3O4/c25-17-6-13(7-18(26)20(17)34-15-3-1-2-14(8-15)21(27)28)11-33-22-24-9-16(35-22)10-31(24)19-4-5-29-23(32)30(19)12-24/h1-8,16,21-22H,9-12H2. The van der Waals surface area contributed by atoms with Crippen molar-refractivity contribution in [1.82, 2.24) is 9.55 Å². The molecule has 7 nitrogen and oxygen atoms in total. The lowest BCUT2D eigenvalue weighted by Crippen LogP contribution is -2.54. The number of hydrogen-bond acceptors (Lipinski definition) is 6. The molecule has 2 saturated heterocycles. The van der Waals surface area contributed by atoms with Crippen LogP contribution in [0, 0.1) is 11.6 Å². The molecule has 0 radical (unpaired) electrons. The van der Waals surface area contributed by atoms with Crippen LogP contribution in [0.25, 0.3) is 0 Å². The van der Waals surface area contributed by atoms with E-state index in [-0.39, 0.29) is 35.3 Å². The molecule has 0 aliphatic carbocycles. The van der Waals surface area contributed by atoms with Gasteiger partial charge < -0.3 is 19.1 Å². The van der Waals surface area contributed by atoms with Gasteiger partial charge in [-0.25, -0.2) is 27.3 Å². The second-order valence-corrected chi connectivity index (χ2v) is 8.85. The smallest absolute Gasteiger partial charge is 0.349 e. The van der Waals surface area contributed by atoms with Crippen molar-refractivity contribution in [2.45, 2.75) is 43.9 Å². The van der Waals surface area contributed by atoms with E-state index < -0.39 is 35.6 Å². The van der Waals surface area contributed by atoms with E-state index >= 15 is 0 Å². The first-order valence-corrected chi connectivity index (χ1v) is 11.0. The van der Waals surface area contributed by atoms with Crippen molar-refractivity contribution in [3.8, 4) is 11.5 Å². The maximum atomic E-state index is 14.7. The monoisotopic (exact) mass is 489 g/mol. The molecule has 3 aliphatic heterocycles. The number of fused-ring (bicyclic) bond motifs is 3. The van der Waals surface area contributed by atoms with E-state index in [4.69, 9.17) is 14.2 Å². The average molecular weight is 489 g/mol. The Bertz CT molecular complexity index is 1340. The molecule has 182 valence electrons. The van der Waals surface area contributed by atoms with Crippen LogP contribution in [-0.4, -0.2) is 34.0 Å². The minimum Gasteiger partial charge on any atom is -0.451 e. The lowest BCUT2D eigenvalue weighted by atomic mass is 9.98. The number of benzene rings is 2. The highest BCUT2D eigenvalue weighted by Gasteiger charge is 2.63. The fraction of sp³-hybridized carbons (Fsp3) is 0.333. The summed E-state index contributed by atoms with van der Waals surface area (Å²) in [6.45, 7) is 0.820. The summed E-state index contributed by atoms with van der Waals surface area (Å²) in [5.41, 5.74) is -1.06. The molecule has 3 unspecified atom stereocenters. The van der Waals surface area contributed by atoms with Crippen LogP contribution in [-0.2, 0) is 22.6 Å². The summed E-state index contributed by atoms with van der Waals surface area (Å²) in [5.74, 6) is -2.04. The molecule has 0 N–H and O–H groups in total. The maximum absolute atomic E-state index is 14.7. The highest BCUT2D eigenvalue weighted by molar-refractivity contribution is 5.51. The second kappa shape index (κ2) is 8.06. The Labute approximate surface area is 196 Å². The van der Waals surface area contributed by atoms with E-state index in [0.717, 1.165) is 24.0 Å². The maximum Gasteiger partial charge on any atom is 0.349 e. The van der Waals surface area contributed by atoms with Crippen LogP contribution < -0.4 is 15.3 Å². The highest BCUT2D eigenvalue weighted by Crippen LogP contribution is 2.50. The molecule has 11 heteroatoms. The van der Waals surface area contributed by atoms with E-state index in [2.05, 4.69) is 9.88 Å². The molecule has 2 fully saturated rings. The van der Waals surface area contributed by atoms with Crippen LogP contribution in [0.1, 0.15) is 24.0 Å². The molecule has 4 heterocycles. The number of aromatic nitrogens is 2. The number of rotatable bonds is 6. The van der Waals surface area contributed by atoms with Gasteiger partial charge in [-0.3, -0.25) is 4.57 Å². The number of hydrogen-bond donors (Lipinski definition) is 0. The number of alkyl halides is 2. The Morgan fingerprint density at radius 2 is 1.97 bits per heavy atom. The molecule has 3 aliphatic rings. The third-order valence-electron chi connectivity index (χ3n) is 6.67. The summed E-state index contributed by atoms with van der Waals surface area (Å²) in [6, 6.07) is 8.77. The van der Waals surface area contributed by atoms with Gasteiger partial charge in [0.15, 0.2) is 23.7 Å². The molecular formula is C24H19F4N3O4. The lowest BCUT2D eigenvalue weighted by Gasteiger charge is -2.38. The van der Waals surface area contributed by atoms with Gasteiger partial charge in [0.05, 0.1) is 19.3 Å². The van der Waals surface area contributed by atoms with Gasteiger partial charge in [-0.2, -0.15) is 0 Å². The van der Waals surface area contributed by atoms with Crippen molar-refractivity contribution in [3.05, 3.63) is 81.9 Å². The normalized spacial score (nSPS) is 24.2. The summed E-state index contributed by atoms with van der Waals surface area (Å²) >= 11 is 0.